The van der Waals surface area contributed by atoms with Crippen molar-refractivity contribution >= 4 is 27.7 Å². The Balaban J connectivity index is 1.62. The van der Waals surface area contributed by atoms with Gasteiger partial charge in [-0.2, -0.15) is 0 Å². The summed E-state index contributed by atoms with van der Waals surface area (Å²) in [5.41, 5.74) is 1.29. The van der Waals surface area contributed by atoms with Crippen LogP contribution in [-0.4, -0.2) is 86.7 Å². The summed E-state index contributed by atoms with van der Waals surface area (Å²) < 4.78 is 17.7. The highest BCUT2D eigenvalue weighted by molar-refractivity contribution is 9.10. The van der Waals surface area contributed by atoms with E-state index in [1.807, 2.05) is 7.05 Å². The Labute approximate surface area is 166 Å². The maximum Gasteiger partial charge on any atom is 0.260 e. The van der Waals surface area contributed by atoms with Gasteiger partial charge in [-0.25, -0.2) is 0 Å². The van der Waals surface area contributed by atoms with Crippen molar-refractivity contribution in [3.8, 4) is 17.2 Å². The number of likely N-dealkylation sites (N-methyl/N-ethyl adjacent to an activating group) is 2. The molecule has 3 aliphatic rings. The number of benzene rings is 1. The lowest BCUT2D eigenvalue weighted by molar-refractivity contribution is -0.134. The fourth-order valence-corrected chi connectivity index (χ4v) is 4.25. The Kier molecular flexibility index (Phi) is 4.90. The molecule has 0 atom stereocenters. The van der Waals surface area contributed by atoms with E-state index in [1.165, 1.54) is 0 Å². The number of ether oxygens (including phenoxy) is 3. The second-order valence-corrected chi connectivity index (χ2v) is 7.80. The van der Waals surface area contributed by atoms with Crippen molar-refractivity contribution in [1.29, 1.82) is 0 Å². The second kappa shape index (κ2) is 7.20. The second-order valence-electron chi connectivity index (χ2n) is 7.01. The van der Waals surface area contributed by atoms with E-state index in [0.717, 1.165) is 23.1 Å². The van der Waals surface area contributed by atoms with E-state index in [1.54, 1.807) is 16.8 Å². The van der Waals surface area contributed by atoms with E-state index in [-0.39, 0.29) is 25.2 Å². The van der Waals surface area contributed by atoms with Crippen LogP contribution >= 0.6 is 15.9 Å². The maximum absolute atomic E-state index is 12.8. The van der Waals surface area contributed by atoms with E-state index in [2.05, 4.69) is 20.8 Å². The smallest absolute Gasteiger partial charge is 0.260 e. The first-order chi connectivity index (χ1) is 13.0. The van der Waals surface area contributed by atoms with E-state index in [0.29, 0.717) is 48.9 Å². The summed E-state index contributed by atoms with van der Waals surface area (Å²) in [4.78, 5) is 31.0. The largest absolute Gasteiger partial charge is 0.479 e. The zero-order valence-electron chi connectivity index (χ0n) is 15.4. The third-order valence-electron chi connectivity index (χ3n) is 5.27. The van der Waals surface area contributed by atoms with Crippen LogP contribution in [0, 0.1) is 0 Å². The van der Waals surface area contributed by atoms with Gasteiger partial charge in [-0.3, -0.25) is 9.59 Å². The van der Waals surface area contributed by atoms with E-state index in [4.69, 9.17) is 14.2 Å². The van der Waals surface area contributed by atoms with Gasteiger partial charge in [0.2, 0.25) is 12.5 Å². The van der Waals surface area contributed by atoms with Crippen LogP contribution in [0.2, 0.25) is 0 Å². The van der Waals surface area contributed by atoms with Gasteiger partial charge >= 0.3 is 0 Å². The highest BCUT2D eigenvalue weighted by atomic mass is 79.9. The van der Waals surface area contributed by atoms with Crippen molar-refractivity contribution in [1.82, 2.24) is 14.7 Å². The lowest BCUT2D eigenvalue weighted by atomic mass is 9.97. The zero-order valence-corrected chi connectivity index (χ0v) is 17.0. The molecule has 0 aliphatic carbocycles. The average Bonchev–Trinajstić information content (AvgIpc) is 3.15. The first kappa shape index (κ1) is 18.4. The Bertz CT molecular complexity index is 792. The van der Waals surface area contributed by atoms with Gasteiger partial charge in [0, 0.05) is 39.8 Å². The number of carbonyl (C=O) groups excluding carboxylic acids is 2. The first-order valence-electron chi connectivity index (χ1n) is 8.96. The van der Waals surface area contributed by atoms with Crippen LogP contribution in [0.1, 0.15) is 15.9 Å². The van der Waals surface area contributed by atoms with Gasteiger partial charge in [0.15, 0.2) is 18.1 Å². The quantitative estimate of drug-likeness (QED) is 0.698. The molecule has 9 heteroatoms. The average molecular weight is 440 g/mol. The molecule has 2 amide bonds. The Morgan fingerprint density at radius 3 is 2.56 bits per heavy atom. The predicted molar refractivity (Wildman–Crippen MR) is 101 cm³/mol. The summed E-state index contributed by atoms with van der Waals surface area (Å²) in [7, 11) is 3.79. The first-order valence-corrected chi connectivity index (χ1v) is 9.75. The summed E-state index contributed by atoms with van der Waals surface area (Å²) in [6, 6.07) is 0. The Morgan fingerprint density at radius 1 is 1.11 bits per heavy atom. The summed E-state index contributed by atoms with van der Waals surface area (Å²) >= 11 is 3.54. The minimum absolute atomic E-state index is 0.0591. The molecule has 1 saturated heterocycles. The molecule has 0 spiro atoms. The molecule has 8 nitrogen and oxygen atoms in total. The number of carbonyl (C=O) groups is 2. The van der Waals surface area contributed by atoms with Gasteiger partial charge in [0.05, 0.1) is 10.0 Å². The molecule has 0 aromatic heterocycles. The number of hydrogen-bond acceptors (Lipinski definition) is 6. The standard InChI is InChI=1S/C18H22BrN3O5/c1-20-5-7-22(8-6-20)12(23)9-25-15-13-11(3-4-21(2)18(13)24)14(19)16-17(15)27-10-26-16/h3-10H2,1-2H3. The molecular weight excluding hydrogens is 418 g/mol. The number of halogens is 1. The molecule has 0 N–H and O–H groups in total. The monoisotopic (exact) mass is 439 g/mol. The summed E-state index contributed by atoms with van der Waals surface area (Å²) in [6.45, 7) is 3.58. The molecule has 1 aromatic carbocycles. The normalized spacial score (nSPS) is 19.3. The number of amides is 2. The van der Waals surface area contributed by atoms with Crippen LogP contribution in [0.5, 0.6) is 17.2 Å². The molecule has 4 rings (SSSR count). The van der Waals surface area contributed by atoms with Crippen LogP contribution in [0.15, 0.2) is 4.47 Å². The lowest BCUT2D eigenvalue weighted by Crippen LogP contribution is -2.48. The SMILES string of the molecule is CN1CCN(C(=O)COc2c3c(c(Br)c4c2C(=O)N(C)CC4)OCO3)CC1. The molecule has 1 fully saturated rings. The molecule has 146 valence electrons. The molecule has 3 aliphatic heterocycles. The van der Waals surface area contributed by atoms with Crippen LogP contribution < -0.4 is 14.2 Å². The highest BCUT2D eigenvalue weighted by Crippen LogP contribution is 2.51. The van der Waals surface area contributed by atoms with Crippen molar-refractivity contribution in [2.45, 2.75) is 6.42 Å². The van der Waals surface area contributed by atoms with E-state index >= 15 is 0 Å². The molecule has 1 aromatic rings. The molecule has 3 heterocycles. The molecule has 27 heavy (non-hydrogen) atoms. The lowest BCUT2D eigenvalue weighted by Gasteiger charge is -2.32. The van der Waals surface area contributed by atoms with E-state index < -0.39 is 0 Å². The number of fused-ring (bicyclic) bond motifs is 2. The fourth-order valence-electron chi connectivity index (χ4n) is 3.56. The fraction of sp³-hybridized carbons (Fsp3) is 0.556. The van der Waals surface area contributed by atoms with Crippen molar-refractivity contribution in [3.63, 3.8) is 0 Å². The molecule has 0 saturated carbocycles. The number of piperazine rings is 1. The van der Waals surface area contributed by atoms with Crippen LogP contribution in [0.25, 0.3) is 0 Å². The van der Waals surface area contributed by atoms with Crippen molar-refractivity contribution in [2.75, 3.05) is 60.2 Å². The van der Waals surface area contributed by atoms with Gasteiger partial charge in [0.25, 0.3) is 11.8 Å². The molecule has 0 radical (unpaired) electrons. The molecule has 0 unspecified atom stereocenters. The Morgan fingerprint density at radius 2 is 1.81 bits per heavy atom. The van der Waals surface area contributed by atoms with Gasteiger partial charge in [-0.05, 0) is 35.0 Å². The molecule has 0 bridgehead atoms. The highest BCUT2D eigenvalue weighted by Gasteiger charge is 2.36. The van der Waals surface area contributed by atoms with Crippen molar-refractivity contribution < 1.29 is 23.8 Å². The minimum Gasteiger partial charge on any atom is -0.479 e. The molecular formula is C18H22BrN3O5. The van der Waals surface area contributed by atoms with Crippen molar-refractivity contribution in [3.05, 3.63) is 15.6 Å². The summed E-state index contributed by atoms with van der Waals surface area (Å²) in [6.07, 6.45) is 0.678. The third-order valence-corrected chi connectivity index (χ3v) is 6.10. The Hall–Kier alpha value is -2.00. The third kappa shape index (κ3) is 3.23. The summed E-state index contributed by atoms with van der Waals surface area (Å²) in [5.74, 6) is 0.990. The van der Waals surface area contributed by atoms with Gasteiger partial charge in [-0.15, -0.1) is 0 Å². The number of nitrogens with zero attached hydrogens (tertiary/aromatic N) is 3. The predicted octanol–water partition coefficient (Wildman–Crippen LogP) is 0.959. The van der Waals surface area contributed by atoms with Crippen LogP contribution in [0.3, 0.4) is 0 Å². The minimum atomic E-state index is -0.141. The van der Waals surface area contributed by atoms with Crippen molar-refractivity contribution in [2.24, 2.45) is 0 Å². The van der Waals surface area contributed by atoms with Crippen LogP contribution in [0.4, 0.5) is 0 Å². The van der Waals surface area contributed by atoms with Gasteiger partial charge in [0.1, 0.15) is 0 Å². The van der Waals surface area contributed by atoms with Gasteiger partial charge in [-0.1, -0.05) is 0 Å². The maximum atomic E-state index is 12.8. The zero-order chi connectivity index (χ0) is 19.1. The summed E-state index contributed by atoms with van der Waals surface area (Å²) in [5, 5.41) is 0. The number of rotatable bonds is 3. The van der Waals surface area contributed by atoms with E-state index in [9.17, 15) is 9.59 Å². The number of hydrogen-bond donors (Lipinski definition) is 0. The topological polar surface area (TPSA) is 71.6 Å². The van der Waals surface area contributed by atoms with Gasteiger partial charge < -0.3 is 28.9 Å². The van der Waals surface area contributed by atoms with Crippen LogP contribution in [-0.2, 0) is 11.2 Å².